The predicted octanol–water partition coefficient (Wildman–Crippen LogP) is 2.89. The molecule has 1 aliphatic carbocycles. The summed E-state index contributed by atoms with van der Waals surface area (Å²) < 4.78 is 0. The summed E-state index contributed by atoms with van der Waals surface area (Å²) in [5.74, 6) is 0.944. The van der Waals surface area contributed by atoms with Gasteiger partial charge in [-0.25, -0.2) is 0 Å². The Bertz CT molecular complexity index is 325. The van der Waals surface area contributed by atoms with Gasteiger partial charge >= 0.3 is 0 Å². The molecule has 0 spiro atoms. The monoisotopic (exact) mass is 239 g/mol. The topological polar surface area (TPSA) is 32.3 Å². The maximum Gasteiger partial charge on any atom is 0.115 e. The lowest BCUT2D eigenvalue weighted by Crippen LogP contribution is -2.25. The molecule has 1 fully saturated rings. The molecule has 1 saturated carbocycles. The molecule has 2 rings (SSSR count). The quantitative estimate of drug-likeness (QED) is 0.792. The molecule has 2 atom stereocenters. The SMILES string of the molecule is Oc1ccc(CNCC2CCCC2Cl)cc1. The van der Waals surface area contributed by atoms with Crippen LogP contribution in [-0.4, -0.2) is 17.0 Å². The van der Waals surface area contributed by atoms with E-state index in [2.05, 4.69) is 5.32 Å². The van der Waals surface area contributed by atoms with Crippen LogP contribution in [0.25, 0.3) is 0 Å². The van der Waals surface area contributed by atoms with Crippen LogP contribution in [0.3, 0.4) is 0 Å². The highest BCUT2D eigenvalue weighted by Crippen LogP contribution is 2.29. The molecule has 1 aromatic carbocycles. The van der Waals surface area contributed by atoms with Gasteiger partial charge in [-0.2, -0.15) is 0 Å². The molecule has 2 unspecified atom stereocenters. The van der Waals surface area contributed by atoms with Crippen molar-refractivity contribution in [3.8, 4) is 5.75 Å². The molecule has 0 amide bonds. The van der Waals surface area contributed by atoms with Crippen molar-refractivity contribution >= 4 is 11.6 Å². The van der Waals surface area contributed by atoms with Crippen LogP contribution in [0.5, 0.6) is 5.75 Å². The lowest BCUT2D eigenvalue weighted by Gasteiger charge is -2.14. The van der Waals surface area contributed by atoms with E-state index in [1.54, 1.807) is 12.1 Å². The number of phenolic OH excluding ortho intramolecular Hbond substituents is 1. The Labute approximate surface area is 102 Å². The molecule has 2 nitrogen and oxygen atoms in total. The average molecular weight is 240 g/mol. The number of phenols is 1. The largest absolute Gasteiger partial charge is 0.508 e. The minimum atomic E-state index is 0.320. The Balaban J connectivity index is 1.73. The fourth-order valence-electron chi connectivity index (χ4n) is 2.24. The Kier molecular flexibility index (Phi) is 4.08. The van der Waals surface area contributed by atoms with Gasteiger partial charge in [-0.15, -0.1) is 11.6 Å². The minimum Gasteiger partial charge on any atom is -0.508 e. The first-order valence-corrected chi connectivity index (χ1v) is 6.32. The lowest BCUT2D eigenvalue weighted by atomic mass is 10.1. The predicted molar refractivity (Wildman–Crippen MR) is 66.8 cm³/mol. The van der Waals surface area contributed by atoms with Gasteiger partial charge in [0.15, 0.2) is 0 Å². The summed E-state index contributed by atoms with van der Waals surface area (Å²) in [5.41, 5.74) is 1.20. The summed E-state index contributed by atoms with van der Waals surface area (Å²) in [5, 5.41) is 12.9. The Hall–Kier alpha value is -0.730. The van der Waals surface area contributed by atoms with E-state index < -0.39 is 0 Å². The highest BCUT2D eigenvalue weighted by Gasteiger charge is 2.24. The fourth-order valence-corrected chi connectivity index (χ4v) is 2.61. The van der Waals surface area contributed by atoms with Crippen LogP contribution in [-0.2, 0) is 6.54 Å². The molecule has 88 valence electrons. The van der Waals surface area contributed by atoms with Gasteiger partial charge in [0.25, 0.3) is 0 Å². The van der Waals surface area contributed by atoms with E-state index in [0.29, 0.717) is 17.0 Å². The molecule has 1 aliphatic rings. The lowest BCUT2D eigenvalue weighted by molar-refractivity contribution is 0.474. The van der Waals surface area contributed by atoms with Gasteiger partial charge in [0, 0.05) is 11.9 Å². The second-order valence-electron chi connectivity index (χ2n) is 4.50. The van der Waals surface area contributed by atoms with E-state index in [1.165, 1.54) is 18.4 Å². The average Bonchev–Trinajstić information content (AvgIpc) is 2.68. The van der Waals surface area contributed by atoms with Crippen LogP contribution in [0.1, 0.15) is 24.8 Å². The molecule has 2 N–H and O–H groups in total. The van der Waals surface area contributed by atoms with Crippen molar-refractivity contribution in [1.29, 1.82) is 0 Å². The molecular formula is C13H18ClNO. The number of aromatic hydroxyl groups is 1. The second-order valence-corrected chi connectivity index (χ2v) is 5.06. The Morgan fingerprint density at radius 3 is 2.62 bits per heavy atom. The first kappa shape index (κ1) is 11.7. The summed E-state index contributed by atoms with van der Waals surface area (Å²) in [4.78, 5) is 0. The van der Waals surface area contributed by atoms with Gasteiger partial charge < -0.3 is 10.4 Å². The van der Waals surface area contributed by atoms with Crippen molar-refractivity contribution in [2.75, 3.05) is 6.54 Å². The summed E-state index contributed by atoms with van der Waals surface area (Å²) >= 11 is 6.21. The number of nitrogens with one attached hydrogen (secondary N) is 1. The van der Waals surface area contributed by atoms with Crippen molar-refractivity contribution in [3.63, 3.8) is 0 Å². The number of benzene rings is 1. The zero-order valence-electron chi connectivity index (χ0n) is 9.32. The van der Waals surface area contributed by atoms with Crippen LogP contribution < -0.4 is 5.32 Å². The van der Waals surface area contributed by atoms with Gasteiger partial charge in [0.1, 0.15) is 5.75 Å². The zero-order chi connectivity index (χ0) is 11.4. The van der Waals surface area contributed by atoms with E-state index in [-0.39, 0.29) is 0 Å². The molecule has 0 saturated heterocycles. The first-order chi connectivity index (χ1) is 7.75. The smallest absolute Gasteiger partial charge is 0.115 e. The number of hydrogen-bond acceptors (Lipinski definition) is 2. The van der Waals surface area contributed by atoms with E-state index >= 15 is 0 Å². The molecule has 1 aromatic rings. The van der Waals surface area contributed by atoms with Crippen LogP contribution >= 0.6 is 11.6 Å². The van der Waals surface area contributed by atoms with Crippen LogP contribution in [0.4, 0.5) is 0 Å². The standard InChI is InChI=1S/C13H18ClNO/c14-13-3-1-2-11(13)9-15-8-10-4-6-12(16)7-5-10/h4-7,11,13,15-16H,1-3,8-9H2. The minimum absolute atomic E-state index is 0.320. The van der Waals surface area contributed by atoms with Crippen molar-refractivity contribution < 1.29 is 5.11 Å². The van der Waals surface area contributed by atoms with Gasteiger partial charge in [-0.05, 0) is 43.0 Å². The third-order valence-electron chi connectivity index (χ3n) is 3.24. The maximum absolute atomic E-state index is 9.15. The normalized spacial score (nSPS) is 24.8. The Morgan fingerprint density at radius 1 is 1.25 bits per heavy atom. The molecule has 0 bridgehead atoms. The van der Waals surface area contributed by atoms with E-state index in [9.17, 15) is 0 Å². The van der Waals surface area contributed by atoms with Gasteiger partial charge in [0.05, 0.1) is 0 Å². The number of halogens is 1. The third-order valence-corrected chi connectivity index (χ3v) is 3.81. The van der Waals surface area contributed by atoms with Crippen LogP contribution in [0.2, 0.25) is 0 Å². The Morgan fingerprint density at radius 2 is 2.00 bits per heavy atom. The number of rotatable bonds is 4. The summed E-state index contributed by atoms with van der Waals surface area (Å²) in [6.07, 6.45) is 3.67. The third kappa shape index (κ3) is 3.13. The van der Waals surface area contributed by atoms with Crippen molar-refractivity contribution in [2.45, 2.75) is 31.2 Å². The molecular weight excluding hydrogens is 222 g/mol. The first-order valence-electron chi connectivity index (χ1n) is 5.88. The van der Waals surface area contributed by atoms with Gasteiger partial charge in [0.2, 0.25) is 0 Å². The molecule has 3 heteroatoms. The fraction of sp³-hybridized carbons (Fsp3) is 0.538. The zero-order valence-corrected chi connectivity index (χ0v) is 10.1. The number of hydrogen-bond donors (Lipinski definition) is 2. The van der Waals surface area contributed by atoms with Crippen LogP contribution in [0.15, 0.2) is 24.3 Å². The van der Waals surface area contributed by atoms with Crippen molar-refractivity contribution in [3.05, 3.63) is 29.8 Å². The molecule has 0 heterocycles. The molecule has 0 radical (unpaired) electrons. The highest BCUT2D eigenvalue weighted by molar-refractivity contribution is 6.20. The second kappa shape index (κ2) is 5.55. The van der Waals surface area contributed by atoms with Gasteiger partial charge in [-0.1, -0.05) is 18.6 Å². The van der Waals surface area contributed by atoms with E-state index in [1.807, 2.05) is 12.1 Å². The highest BCUT2D eigenvalue weighted by atomic mass is 35.5. The molecule has 16 heavy (non-hydrogen) atoms. The van der Waals surface area contributed by atoms with Crippen molar-refractivity contribution in [2.24, 2.45) is 5.92 Å². The van der Waals surface area contributed by atoms with E-state index in [0.717, 1.165) is 19.5 Å². The number of alkyl halides is 1. The summed E-state index contributed by atoms with van der Waals surface area (Å²) in [6, 6.07) is 7.32. The van der Waals surface area contributed by atoms with Crippen molar-refractivity contribution in [1.82, 2.24) is 5.32 Å². The summed E-state index contributed by atoms with van der Waals surface area (Å²) in [7, 11) is 0. The maximum atomic E-state index is 9.15. The molecule has 0 aromatic heterocycles. The molecule has 0 aliphatic heterocycles. The van der Waals surface area contributed by atoms with Crippen LogP contribution in [0, 0.1) is 5.92 Å². The summed E-state index contributed by atoms with van der Waals surface area (Å²) in [6.45, 7) is 1.84. The van der Waals surface area contributed by atoms with Gasteiger partial charge in [-0.3, -0.25) is 0 Å². The van der Waals surface area contributed by atoms with E-state index in [4.69, 9.17) is 16.7 Å².